The summed E-state index contributed by atoms with van der Waals surface area (Å²) in [5.74, 6) is -0.288. The first-order chi connectivity index (χ1) is 9.93. The predicted molar refractivity (Wildman–Crippen MR) is 85.7 cm³/mol. The maximum atomic E-state index is 13.8. The van der Waals surface area contributed by atoms with Gasteiger partial charge in [0.2, 0.25) is 0 Å². The Morgan fingerprint density at radius 1 is 1.19 bits per heavy atom. The van der Waals surface area contributed by atoms with Gasteiger partial charge in [-0.15, -0.1) is 0 Å². The molecule has 2 nitrogen and oxygen atoms in total. The maximum absolute atomic E-state index is 13.8. The van der Waals surface area contributed by atoms with Gasteiger partial charge in [0, 0.05) is 24.0 Å². The molecule has 0 aliphatic carbocycles. The highest BCUT2D eigenvalue weighted by molar-refractivity contribution is 5.67. The molecule has 0 saturated heterocycles. The molecule has 2 aromatic rings. The smallest absolute Gasteiger partial charge is 0.126 e. The van der Waals surface area contributed by atoms with Gasteiger partial charge in [0.15, 0.2) is 0 Å². The first-order valence-electron chi connectivity index (χ1n) is 7.24. The number of benzene rings is 2. The second-order valence-corrected chi connectivity index (χ2v) is 5.42. The number of nitrogens with zero attached hydrogens (tertiary/aromatic N) is 1. The van der Waals surface area contributed by atoms with E-state index in [1.807, 2.05) is 24.1 Å². The molecule has 0 radical (unpaired) electrons. The fourth-order valence-electron chi connectivity index (χ4n) is 2.40. The number of halogens is 1. The van der Waals surface area contributed by atoms with Crippen molar-refractivity contribution in [2.24, 2.45) is 0 Å². The van der Waals surface area contributed by atoms with Crippen molar-refractivity contribution in [3.8, 4) is 0 Å². The molecule has 1 N–H and O–H groups in total. The van der Waals surface area contributed by atoms with Crippen LogP contribution in [0.1, 0.15) is 36.6 Å². The topological polar surface area (TPSA) is 23.5 Å². The third-order valence-electron chi connectivity index (χ3n) is 3.85. The zero-order valence-electron chi connectivity index (χ0n) is 13.0. The molecule has 3 heteroatoms. The van der Waals surface area contributed by atoms with E-state index in [4.69, 9.17) is 0 Å². The third-order valence-corrected chi connectivity index (χ3v) is 3.85. The average Bonchev–Trinajstić information content (AvgIpc) is 2.48. The third kappa shape index (κ3) is 3.24. The van der Waals surface area contributed by atoms with Crippen LogP contribution < -0.4 is 4.90 Å². The van der Waals surface area contributed by atoms with E-state index in [0.29, 0.717) is 11.1 Å². The Morgan fingerprint density at radius 3 is 2.33 bits per heavy atom. The van der Waals surface area contributed by atoms with Crippen molar-refractivity contribution in [2.45, 2.75) is 33.3 Å². The first-order valence-corrected chi connectivity index (χ1v) is 7.24. The van der Waals surface area contributed by atoms with Crippen LogP contribution in [0.2, 0.25) is 0 Å². The highest BCUT2D eigenvalue weighted by Crippen LogP contribution is 2.33. The second kappa shape index (κ2) is 6.27. The normalized spacial score (nSPS) is 12.3. The SMILES string of the molecule is CCc1ccc(N(C)c2cc(C)c(F)cc2C(C)O)cc1. The van der Waals surface area contributed by atoms with Gasteiger partial charge >= 0.3 is 0 Å². The second-order valence-electron chi connectivity index (χ2n) is 5.42. The van der Waals surface area contributed by atoms with Gasteiger partial charge in [-0.05, 0) is 55.7 Å². The summed E-state index contributed by atoms with van der Waals surface area (Å²) in [6.07, 6.45) is 0.283. The predicted octanol–water partition coefficient (Wildman–Crippen LogP) is 4.52. The summed E-state index contributed by atoms with van der Waals surface area (Å²) < 4.78 is 13.8. The van der Waals surface area contributed by atoms with E-state index in [0.717, 1.165) is 17.8 Å². The molecule has 0 spiro atoms. The molecule has 0 heterocycles. The Morgan fingerprint density at radius 2 is 1.81 bits per heavy atom. The van der Waals surface area contributed by atoms with Gasteiger partial charge in [0.05, 0.1) is 6.10 Å². The van der Waals surface area contributed by atoms with E-state index in [2.05, 4.69) is 19.1 Å². The van der Waals surface area contributed by atoms with Crippen molar-refractivity contribution in [1.29, 1.82) is 0 Å². The Balaban J connectivity index is 2.45. The van der Waals surface area contributed by atoms with Crippen LogP contribution in [0.25, 0.3) is 0 Å². The number of aryl methyl sites for hydroxylation is 2. The molecule has 21 heavy (non-hydrogen) atoms. The van der Waals surface area contributed by atoms with Crippen molar-refractivity contribution in [3.05, 3.63) is 58.9 Å². The van der Waals surface area contributed by atoms with Gasteiger partial charge in [-0.25, -0.2) is 4.39 Å². The van der Waals surface area contributed by atoms with E-state index in [9.17, 15) is 9.50 Å². The zero-order chi connectivity index (χ0) is 15.6. The van der Waals surface area contributed by atoms with Gasteiger partial charge in [-0.3, -0.25) is 0 Å². The van der Waals surface area contributed by atoms with Crippen molar-refractivity contribution in [2.75, 3.05) is 11.9 Å². The van der Waals surface area contributed by atoms with E-state index < -0.39 is 6.10 Å². The lowest BCUT2D eigenvalue weighted by atomic mass is 10.0. The summed E-state index contributed by atoms with van der Waals surface area (Å²) in [5.41, 5.74) is 4.29. The summed E-state index contributed by atoms with van der Waals surface area (Å²) in [6, 6.07) is 11.5. The largest absolute Gasteiger partial charge is 0.389 e. The highest BCUT2D eigenvalue weighted by Gasteiger charge is 2.16. The van der Waals surface area contributed by atoms with E-state index >= 15 is 0 Å². The Labute approximate surface area is 125 Å². The minimum atomic E-state index is -0.715. The van der Waals surface area contributed by atoms with E-state index in [-0.39, 0.29) is 5.82 Å². The molecule has 0 aliphatic rings. The van der Waals surface area contributed by atoms with Crippen LogP contribution in [0.15, 0.2) is 36.4 Å². The average molecular weight is 287 g/mol. The molecule has 1 unspecified atom stereocenters. The molecule has 0 aromatic heterocycles. The van der Waals surface area contributed by atoms with Gasteiger partial charge in [-0.2, -0.15) is 0 Å². The van der Waals surface area contributed by atoms with Crippen LogP contribution in [0.3, 0.4) is 0 Å². The molecule has 1 atom stereocenters. The molecule has 0 saturated carbocycles. The molecule has 0 fully saturated rings. The Hall–Kier alpha value is -1.87. The van der Waals surface area contributed by atoms with Gasteiger partial charge in [0.1, 0.15) is 5.82 Å². The number of hydrogen-bond donors (Lipinski definition) is 1. The van der Waals surface area contributed by atoms with Crippen LogP contribution in [0.4, 0.5) is 15.8 Å². The lowest BCUT2D eigenvalue weighted by Gasteiger charge is -2.25. The standard InChI is InChI=1S/C18H22FNO/c1-5-14-6-8-15(9-7-14)20(4)18-10-12(2)17(19)11-16(18)13(3)21/h6-11,13,21H,5H2,1-4H3. The van der Waals surface area contributed by atoms with E-state index in [1.54, 1.807) is 19.9 Å². The minimum absolute atomic E-state index is 0.288. The van der Waals surface area contributed by atoms with Gasteiger partial charge in [0.25, 0.3) is 0 Å². The quantitative estimate of drug-likeness (QED) is 0.894. The molecule has 0 amide bonds. The Bertz CT molecular complexity index is 620. The lowest BCUT2D eigenvalue weighted by molar-refractivity contribution is 0.199. The van der Waals surface area contributed by atoms with Crippen molar-refractivity contribution < 1.29 is 9.50 Å². The molecular formula is C18H22FNO. The van der Waals surface area contributed by atoms with Crippen LogP contribution in [0, 0.1) is 12.7 Å². The molecule has 2 rings (SSSR count). The summed E-state index contributed by atoms with van der Waals surface area (Å²) in [7, 11) is 1.93. The number of aliphatic hydroxyl groups excluding tert-OH is 1. The monoisotopic (exact) mass is 287 g/mol. The number of hydrogen-bond acceptors (Lipinski definition) is 2. The number of aliphatic hydroxyl groups is 1. The minimum Gasteiger partial charge on any atom is -0.389 e. The summed E-state index contributed by atoms with van der Waals surface area (Å²) in [5, 5.41) is 9.90. The lowest BCUT2D eigenvalue weighted by Crippen LogP contribution is -2.13. The van der Waals surface area contributed by atoms with Crippen molar-refractivity contribution in [3.63, 3.8) is 0 Å². The fraction of sp³-hybridized carbons (Fsp3) is 0.333. The van der Waals surface area contributed by atoms with Gasteiger partial charge < -0.3 is 10.0 Å². The molecule has 0 aliphatic heterocycles. The fourth-order valence-corrected chi connectivity index (χ4v) is 2.40. The zero-order valence-corrected chi connectivity index (χ0v) is 13.0. The molecular weight excluding hydrogens is 265 g/mol. The number of rotatable bonds is 4. The van der Waals surface area contributed by atoms with Crippen LogP contribution in [-0.4, -0.2) is 12.2 Å². The van der Waals surface area contributed by atoms with Gasteiger partial charge in [-0.1, -0.05) is 19.1 Å². The van der Waals surface area contributed by atoms with Crippen LogP contribution >= 0.6 is 0 Å². The summed E-state index contributed by atoms with van der Waals surface area (Å²) in [6.45, 7) is 5.51. The first kappa shape index (κ1) is 15.5. The summed E-state index contributed by atoms with van der Waals surface area (Å²) in [4.78, 5) is 1.98. The molecule has 0 bridgehead atoms. The summed E-state index contributed by atoms with van der Waals surface area (Å²) >= 11 is 0. The van der Waals surface area contributed by atoms with Crippen molar-refractivity contribution in [1.82, 2.24) is 0 Å². The van der Waals surface area contributed by atoms with Crippen molar-refractivity contribution >= 4 is 11.4 Å². The van der Waals surface area contributed by atoms with Crippen LogP contribution in [0.5, 0.6) is 0 Å². The molecule has 2 aromatic carbocycles. The maximum Gasteiger partial charge on any atom is 0.126 e. The molecule has 112 valence electrons. The number of anilines is 2. The van der Waals surface area contributed by atoms with E-state index in [1.165, 1.54) is 11.6 Å². The van der Waals surface area contributed by atoms with Crippen LogP contribution in [-0.2, 0) is 6.42 Å². The highest BCUT2D eigenvalue weighted by atomic mass is 19.1. The Kier molecular flexibility index (Phi) is 4.63.